The fraction of sp³-hybridized carbons (Fsp3) is 0.440. The van der Waals surface area contributed by atoms with Gasteiger partial charge in [0.25, 0.3) is 0 Å². The van der Waals surface area contributed by atoms with Gasteiger partial charge in [-0.1, -0.05) is 6.07 Å². The molecule has 0 radical (unpaired) electrons. The number of methoxy groups -OCH3 is 1. The molecule has 150 valence electrons. The second kappa shape index (κ2) is 6.53. The molecule has 0 aliphatic carbocycles. The van der Waals surface area contributed by atoms with Crippen molar-refractivity contribution in [1.82, 2.24) is 9.47 Å². The molecule has 3 aromatic rings. The van der Waals surface area contributed by atoms with Crippen LogP contribution in [-0.4, -0.2) is 35.7 Å². The number of fused-ring (bicyclic) bond motifs is 7. The van der Waals surface area contributed by atoms with Gasteiger partial charge in [-0.25, -0.2) is 0 Å². The highest BCUT2D eigenvalue weighted by Gasteiger charge is 2.48. The molecule has 0 unspecified atom stereocenters. The van der Waals surface area contributed by atoms with Crippen molar-refractivity contribution in [2.24, 2.45) is 13.0 Å². The highest BCUT2D eigenvalue weighted by Crippen LogP contribution is 2.52. The average molecular weight is 388 g/mol. The van der Waals surface area contributed by atoms with Gasteiger partial charge in [0.15, 0.2) is 0 Å². The zero-order chi connectivity index (χ0) is 19.5. The van der Waals surface area contributed by atoms with Crippen molar-refractivity contribution in [3.05, 3.63) is 59.8 Å². The van der Waals surface area contributed by atoms with Crippen molar-refractivity contribution in [2.45, 2.75) is 37.9 Å². The second-order valence-corrected chi connectivity index (χ2v) is 9.02. The molecule has 0 spiro atoms. The van der Waals surface area contributed by atoms with Gasteiger partial charge in [-0.3, -0.25) is 4.90 Å². The van der Waals surface area contributed by atoms with Crippen molar-refractivity contribution in [3.63, 3.8) is 0 Å². The van der Waals surface area contributed by atoms with Crippen LogP contribution in [0.4, 0.5) is 5.69 Å². The van der Waals surface area contributed by atoms with Crippen molar-refractivity contribution in [1.29, 1.82) is 0 Å². The fourth-order valence-corrected chi connectivity index (χ4v) is 6.25. The van der Waals surface area contributed by atoms with Crippen LogP contribution in [0, 0.1) is 5.92 Å². The summed E-state index contributed by atoms with van der Waals surface area (Å²) in [6.07, 6.45) is 6.12. The highest BCUT2D eigenvalue weighted by atomic mass is 16.5. The third-order valence-electron chi connectivity index (χ3n) is 7.54. The first-order valence-electron chi connectivity index (χ1n) is 11.0. The zero-order valence-electron chi connectivity index (χ0n) is 17.3. The normalized spacial score (nSPS) is 25.9. The van der Waals surface area contributed by atoms with Gasteiger partial charge in [0.1, 0.15) is 5.75 Å². The van der Waals surface area contributed by atoms with E-state index in [1.807, 2.05) is 0 Å². The molecule has 29 heavy (non-hydrogen) atoms. The summed E-state index contributed by atoms with van der Waals surface area (Å²) in [5.74, 6) is 1.72. The molecule has 0 saturated carbocycles. The lowest BCUT2D eigenvalue weighted by molar-refractivity contribution is 0.199. The van der Waals surface area contributed by atoms with Crippen molar-refractivity contribution in [3.8, 4) is 5.75 Å². The van der Waals surface area contributed by atoms with E-state index in [1.54, 1.807) is 7.11 Å². The summed E-state index contributed by atoms with van der Waals surface area (Å²) in [6.45, 7) is 3.41. The molecule has 0 bridgehead atoms. The minimum absolute atomic E-state index is 0.505. The summed E-state index contributed by atoms with van der Waals surface area (Å²) < 4.78 is 7.80. The van der Waals surface area contributed by atoms with E-state index < -0.39 is 0 Å². The van der Waals surface area contributed by atoms with Crippen LogP contribution in [0.5, 0.6) is 5.75 Å². The van der Waals surface area contributed by atoms with Gasteiger partial charge < -0.3 is 14.2 Å². The fourth-order valence-electron chi connectivity index (χ4n) is 6.25. The van der Waals surface area contributed by atoms with Crippen molar-refractivity contribution < 1.29 is 4.74 Å². The zero-order valence-corrected chi connectivity index (χ0v) is 17.3. The van der Waals surface area contributed by atoms with E-state index in [0.717, 1.165) is 18.2 Å². The smallest absolute Gasteiger partial charge is 0.119 e. The monoisotopic (exact) mass is 387 g/mol. The summed E-state index contributed by atoms with van der Waals surface area (Å²) in [6, 6.07) is 17.1. The lowest BCUT2D eigenvalue weighted by atomic mass is 9.81. The first-order chi connectivity index (χ1) is 14.2. The molecule has 3 aliphatic heterocycles. The van der Waals surface area contributed by atoms with Gasteiger partial charge in [0, 0.05) is 55.5 Å². The van der Waals surface area contributed by atoms with E-state index in [2.05, 4.69) is 70.1 Å². The van der Waals surface area contributed by atoms with E-state index in [0.29, 0.717) is 12.1 Å². The summed E-state index contributed by atoms with van der Waals surface area (Å²) in [4.78, 5) is 5.41. The molecule has 2 aromatic carbocycles. The van der Waals surface area contributed by atoms with Crippen LogP contribution in [-0.2, 0) is 13.6 Å². The van der Waals surface area contributed by atoms with Crippen LogP contribution >= 0.6 is 0 Å². The maximum atomic E-state index is 5.60. The minimum Gasteiger partial charge on any atom is -0.497 e. The number of ether oxygens (including phenoxy) is 1. The number of anilines is 1. The molecule has 4 heterocycles. The Balaban J connectivity index is 1.38. The molecule has 6 rings (SSSR count). The Morgan fingerprint density at radius 1 is 1.03 bits per heavy atom. The molecule has 3 aliphatic rings. The number of hydrogen-bond acceptors (Lipinski definition) is 3. The number of aryl methyl sites for hydroxylation is 1. The van der Waals surface area contributed by atoms with E-state index in [4.69, 9.17) is 4.74 Å². The predicted octanol–water partition coefficient (Wildman–Crippen LogP) is 4.73. The lowest BCUT2D eigenvalue weighted by Gasteiger charge is -2.43. The molecule has 0 N–H and O–H groups in total. The number of rotatable bonds is 3. The molecule has 0 amide bonds. The SMILES string of the molecule is COc1ccc2c(c1)[C@H]1[C@H](CCN1Cc1ccc3c(ccn3C)c1)[C@H]1CCCN21. The Hall–Kier alpha value is -2.46. The first kappa shape index (κ1) is 17.4. The van der Waals surface area contributed by atoms with Gasteiger partial charge in [-0.2, -0.15) is 0 Å². The predicted molar refractivity (Wildman–Crippen MR) is 118 cm³/mol. The van der Waals surface area contributed by atoms with Crippen LogP contribution < -0.4 is 9.64 Å². The van der Waals surface area contributed by atoms with E-state index >= 15 is 0 Å². The number of hydrogen-bond donors (Lipinski definition) is 0. The topological polar surface area (TPSA) is 20.6 Å². The Morgan fingerprint density at radius 3 is 2.86 bits per heavy atom. The summed E-state index contributed by atoms with van der Waals surface area (Å²) in [5.41, 5.74) is 5.65. The minimum atomic E-state index is 0.505. The van der Waals surface area contributed by atoms with Crippen LogP contribution in [0.2, 0.25) is 0 Å². The highest BCUT2D eigenvalue weighted by molar-refractivity contribution is 5.80. The third-order valence-corrected chi connectivity index (χ3v) is 7.54. The second-order valence-electron chi connectivity index (χ2n) is 9.02. The molecule has 4 nitrogen and oxygen atoms in total. The molecule has 3 atom stereocenters. The van der Waals surface area contributed by atoms with E-state index in [-0.39, 0.29) is 0 Å². The molecular formula is C25H29N3O. The first-order valence-corrected chi connectivity index (χ1v) is 11.0. The number of aromatic nitrogens is 1. The molecular weight excluding hydrogens is 358 g/mol. The van der Waals surface area contributed by atoms with Crippen molar-refractivity contribution >= 4 is 16.6 Å². The van der Waals surface area contributed by atoms with Crippen LogP contribution in [0.15, 0.2) is 48.7 Å². The van der Waals surface area contributed by atoms with Crippen molar-refractivity contribution in [2.75, 3.05) is 25.1 Å². The van der Waals surface area contributed by atoms with E-state index in [9.17, 15) is 0 Å². The lowest BCUT2D eigenvalue weighted by Crippen LogP contribution is -2.43. The van der Waals surface area contributed by atoms with Gasteiger partial charge in [0.05, 0.1) is 7.11 Å². The Kier molecular flexibility index (Phi) is 3.92. The third kappa shape index (κ3) is 2.62. The summed E-state index contributed by atoms with van der Waals surface area (Å²) in [5, 5.41) is 1.34. The molecule has 4 heteroatoms. The van der Waals surface area contributed by atoms with Crippen LogP contribution in [0.25, 0.3) is 10.9 Å². The molecule has 2 fully saturated rings. The van der Waals surface area contributed by atoms with Crippen LogP contribution in [0.1, 0.15) is 36.4 Å². The number of nitrogens with zero attached hydrogens (tertiary/aromatic N) is 3. The van der Waals surface area contributed by atoms with Gasteiger partial charge in [0.2, 0.25) is 0 Å². The standard InChI is InChI=1S/C25H29N3O/c1-26-12-9-18-14-17(5-7-22(18)26)16-27-13-10-20-23-4-3-11-28(23)24-8-6-19(29-2)15-21(24)25(20)27/h5-9,12,14-15,20,23,25H,3-4,10-11,13,16H2,1-2H3/t20-,23-,25-/m1/s1. The molecule has 1 aromatic heterocycles. The quantitative estimate of drug-likeness (QED) is 0.648. The van der Waals surface area contributed by atoms with Gasteiger partial charge in [-0.15, -0.1) is 0 Å². The Labute approximate surface area is 172 Å². The Morgan fingerprint density at radius 2 is 1.97 bits per heavy atom. The Bertz CT molecular complexity index is 1070. The van der Waals surface area contributed by atoms with Gasteiger partial charge in [-0.05, 0) is 78.7 Å². The maximum absolute atomic E-state index is 5.60. The maximum Gasteiger partial charge on any atom is 0.119 e. The largest absolute Gasteiger partial charge is 0.497 e. The number of likely N-dealkylation sites (tertiary alicyclic amines) is 1. The average Bonchev–Trinajstić information content (AvgIpc) is 3.47. The van der Waals surface area contributed by atoms with Crippen LogP contribution in [0.3, 0.4) is 0 Å². The van der Waals surface area contributed by atoms with E-state index in [1.165, 1.54) is 60.1 Å². The summed E-state index contributed by atoms with van der Waals surface area (Å²) >= 11 is 0. The molecule has 2 saturated heterocycles. The summed E-state index contributed by atoms with van der Waals surface area (Å²) in [7, 11) is 3.90. The van der Waals surface area contributed by atoms with Gasteiger partial charge >= 0.3 is 0 Å². The number of benzene rings is 2.